The van der Waals surface area contributed by atoms with E-state index in [2.05, 4.69) is 117 Å². The first-order valence-corrected chi connectivity index (χ1v) is 14.5. The quantitative estimate of drug-likeness (QED) is 0.377. The smallest absolute Gasteiger partial charge is 1.00 e. The van der Waals surface area contributed by atoms with E-state index in [4.69, 9.17) is 0 Å². The molecule has 234 valence electrons. The summed E-state index contributed by atoms with van der Waals surface area (Å²) < 4.78 is 0. The van der Waals surface area contributed by atoms with Gasteiger partial charge in [0.1, 0.15) is 0 Å². The second kappa shape index (κ2) is 15.2. The Balaban J connectivity index is 0.00000588. The third kappa shape index (κ3) is 10.8. The molecule has 0 atom stereocenters. The van der Waals surface area contributed by atoms with Gasteiger partial charge in [-0.15, -0.1) is 11.5 Å². The Morgan fingerprint density at radius 1 is 0.581 bits per heavy atom. The number of pyridine rings is 1. The summed E-state index contributed by atoms with van der Waals surface area (Å²) in [7, 11) is 0. The number of aromatic nitrogens is 1. The van der Waals surface area contributed by atoms with Crippen molar-refractivity contribution in [2.45, 2.75) is 124 Å². The molecule has 0 aliphatic carbocycles. The summed E-state index contributed by atoms with van der Waals surface area (Å²) in [6, 6.07) is 14.2. The van der Waals surface area contributed by atoms with Gasteiger partial charge in [-0.05, 0) is 67.2 Å². The molecule has 0 unspecified atom stereocenters. The van der Waals surface area contributed by atoms with Crippen LogP contribution in [0.1, 0.15) is 122 Å². The van der Waals surface area contributed by atoms with Gasteiger partial charge in [-0.2, -0.15) is 0 Å². The van der Waals surface area contributed by atoms with E-state index in [1.165, 1.54) is 0 Å². The molecule has 1 aromatic heterocycles. The van der Waals surface area contributed by atoms with Crippen molar-refractivity contribution in [1.82, 2.24) is 9.88 Å². The third-order valence-corrected chi connectivity index (χ3v) is 7.58. The number of nitrogens with zero attached hydrogens (tertiary/aromatic N) is 2. The van der Waals surface area contributed by atoms with Crippen LogP contribution >= 0.6 is 0 Å². The van der Waals surface area contributed by atoms with Gasteiger partial charge in [-0.25, -0.2) is 0 Å². The van der Waals surface area contributed by atoms with Gasteiger partial charge < -0.3 is 35.0 Å². The van der Waals surface area contributed by atoms with Crippen LogP contribution in [-0.4, -0.2) is 9.88 Å². The number of benzene rings is 2. The monoisotopic (exact) mass is 660 g/mol. The van der Waals surface area contributed by atoms with E-state index in [0.29, 0.717) is 19.6 Å². The third-order valence-electron chi connectivity index (χ3n) is 7.58. The number of halogens is 2. The molecule has 43 heavy (non-hydrogen) atoms. The zero-order valence-electron chi connectivity index (χ0n) is 28.2. The topological polar surface area (TPSA) is 62.2 Å². The van der Waals surface area contributed by atoms with Gasteiger partial charge in [0, 0.05) is 25.8 Å². The zero-order chi connectivity index (χ0) is 30.3. The van der Waals surface area contributed by atoms with E-state index >= 15 is 0 Å². The van der Waals surface area contributed by atoms with Gasteiger partial charge in [-0.1, -0.05) is 113 Å². The summed E-state index contributed by atoms with van der Waals surface area (Å²) in [6.07, 6.45) is 1.79. The van der Waals surface area contributed by atoms with E-state index in [9.17, 15) is 10.2 Å². The second-order valence-electron chi connectivity index (χ2n) is 15.5. The Kier molecular flexibility index (Phi) is 14.6. The van der Waals surface area contributed by atoms with Crippen molar-refractivity contribution in [3.8, 4) is 11.5 Å². The molecule has 0 N–H and O–H groups in total. The summed E-state index contributed by atoms with van der Waals surface area (Å²) in [6.45, 7) is 27.1. The van der Waals surface area contributed by atoms with Crippen LogP contribution in [0.15, 0.2) is 48.7 Å². The van der Waals surface area contributed by atoms with Gasteiger partial charge in [0.25, 0.3) is 0 Å². The van der Waals surface area contributed by atoms with Crippen LogP contribution in [0.4, 0.5) is 0 Å². The Hall–Kier alpha value is -1.56. The fourth-order valence-electron chi connectivity index (χ4n) is 4.96. The van der Waals surface area contributed by atoms with Gasteiger partial charge >= 0.3 is 21.7 Å². The van der Waals surface area contributed by atoms with Crippen molar-refractivity contribution >= 4 is 0 Å². The number of hydrogen-bond donors (Lipinski definition) is 0. The molecule has 0 fully saturated rings. The molecule has 0 aliphatic heterocycles. The Morgan fingerprint density at radius 2 is 0.977 bits per heavy atom. The van der Waals surface area contributed by atoms with Crippen LogP contribution in [0.2, 0.25) is 0 Å². The first-order valence-electron chi connectivity index (χ1n) is 14.5. The maximum atomic E-state index is 13.9. The van der Waals surface area contributed by atoms with Crippen LogP contribution in [0.5, 0.6) is 11.5 Å². The van der Waals surface area contributed by atoms with Crippen molar-refractivity contribution in [1.29, 1.82) is 0 Å². The van der Waals surface area contributed by atoms with Gasteiger partial charge in [0.05, 0.1) is 5.69 Å². The van der Waals surface area contributed by atoms with E-state index in [0.717, 1.165) is 39.1 Å². The molecule has 0 amide bonds. The van der Waals surface area contributed by atoms with E-state index in [1.807, 2.05) is 18.2 Å². The second-order valence-corrected chi connectivity index (χ2v) is 15.5. The molecule has 0 radical (unpaired) electrons. The van der Waals surface area contributed by atoms with Crippen molar-refractivity contribution in [2.24, 2.45) is 0 Å². The van der Waals surface area contributed by atoms with Crippen molar-refractivity contribution in [3.05, 3.63) is 87.7 Å². The van der Waals surface area contributed by atoms with Crippen molar-refractivity contribution in [2.75, 3.05) is 0 Å². The molecule has 0 aliphatic rings. The predicted molar refractivity (Wildman–Crippen MR) is 164 cm³/mol. The predicted octanol–water partition coefficient (Wildman–Crippen LogP) is 1.63. The van der Waals surface area contributed by atoms with Crippen LogP contribution < -0.4 is 35.0 Å². The minimum atomic E-state index is -0.274. The van der Waals surface area contributed by atoms with Crippen LogP contribution in [0, 0.1) is 0 Å². The van der Waals surface area contributed by atoms with Crippen molar-refractivity contribution in [3.63, 3.8) is 0 Å². The summed E-state index contributed by atoms with van der Waals surface area (Å²) in [5.41, 5.74) is 5.68. The maximum Gasteiger partial charge on any atom is 4.00 e. The zero-order valence-corrected chi connectivity index (χ0v) is 31.3. The SMILES string of the molecule is CC(C)(C)c1cc(CN(Cc2ccccn2)Cc2cc(C(C)(C)C)cc(C(C)(C)C)c2[O-])c([O-])c(C(C)(C)C)c1.[Cl-].[Cl-].[Ti+4]. The molecular formula is C36H50Cl2N2O2Ti. The first kappa shape index (κ1) is 41.4. The molecule has 3 aromatic rings. The molecule has 4 nitrogen and oxygen atoms in total. The molecule has 1 heterocycles. The standard InChI is InChI=1S/C36H52N2O2.2ClH.Ti/c1-33(2,3)26-17-24(31(39)29(19-26)35(7,8)9)21-38(23-28-15-13-14-16-37-28)22-25-18-27(34(4,5)6)20-30(32(25)40)36(10,11)12;;;/h13-20,39-40H,21-23H2,1-12H3;2*1H;/q;;;+4/p-4. The summed E-state index contributed by atoms with van der Waals surface area (Å²) >= 11 is 0. The maximum absolute atomic E-state index is 13.9. The molecule has 0 saturated carbocycles. The normalized spacial score (nSPS) is 12.3. The minimum absolute atomic E-state index is 0. The van der Waals surface area contributed by atoms with Crippen molar-refractivity contribution < 1.29 is 56.7 Å². The summed E-state index contributed by atoms with van der Waals surface area (Å²) in [5, 5.41) is 27.7. The van der Waals surface area contributed by atoms with Gasteiger partial charge in [-0.3, -0.25) is 9.88 Å². The van der Waals surface area contributed by atoms with Crippen LogP contribution in [0.25, 0.3) is 0 Å². The van der Waals surface area contributed by atoms with E-state index < -0.39 is 0 Å². The summed E-state index contributed by atoms with van der Waals surface area (Å²) in [5.74, 6) is 0.181. The summed E-state index contributed by atoms with van der Waals surface area (Å²) in [4.78, 5) is 6.78. The molecule has 0 saturated heterocycles. The minimum Gasteiger partial charge on any atom is -1.00 e. The van der Waals surface area contributed by atoms with Crippen LogP contribution in [0.3, 0.4) is 0 Å². The average Bonchev–Trinajstić information content (AvgIpc) is 2.79. The van der Waals surface area contributed by atoms with E-state index in [1.54, 1.807) is 6.20 Å². The number of hydrogen-bond acceptors (Lipinski definition) is 4. The Morgan fingerprint density at radius 3 is 1.28 bits per heavy atom. The number of rotatable bonds is 6. The van der Waals surface area contributed by atoms with Gasteiger partial charge in [0.15, 0.2) is 0 Å². The Bertz CT molecular complexity index is 1250. The van der Waals surface area contributed by atoms with Gasteiger partial charge in [0.2, 0.25) is 0 Å². The largest absolute Gasteiger partial charge is 4.00 e. The molecular weight excluding hydrogens is 611 g/mol. The molecule has 7 heteroatoms. The van der Waals surface area contributed by atoms with Crippen LogP contribution in [-0.2, 0) is 63.0 Å². The van der Waals surface area contributed by atoms with E-state index in [-0.39, 0.29) is 79.7 Å². The Labute approximate surface area is 288 Å². The fourth-order valence-corrected chi connectivity index (χ4v) is 4.96. The molecule has 0 spiro atoms. The first-order chi connectivity index (χ1) is 18.2. The molecule has 0 bridgehead atoms. The fraction of sp³-hybridized carbons (Fsp3) is 0.528. The average molecular weight is 662 g/mol. The molecule has 3 rings (SSSR count). The molecule has 2 aromatic carbocycles.